The number of rotatable bonds is 3. The van der Waals surface area contributed by atoms with Gasteiger partial charge in [0.1, 0.15) is 0 Å². The standard InChI is InChI=1S/C14H14F2N2OS/c1-8-12(17)6-13(20-8)14(19)18(2)7-9-3-4-10(15)11(16)5-9/h3-6H,7,17H2,1-2H3. The van der Waals surface area contributed by atoms with Crippen LogP contribution in [0.3, 0.4) is 0 Å². The Labute approximate surface area is 119 Å². The molecule has 2 aromatic rings. The first kappa shape index (κ1) is 14.5. The predicted octanol–water partition coefficient (Wildman–Crippen LogP) is 3.19. The number of anilines is 1. The molecule has 1 heterocycles. The molecule has 0 saturated heterocycles. The smallest absolute Gasteiger partial charge is 0.264 e. The third-order valence-corrected chi connectivity index (χ3v) is 3.97. The summed E-state index contributed by atoms with van der Waals surface area (Å²) in [5.74, 6) is -2.01. The van der Waals surface area contributed by atoms with E-state index in [4.69, 9.17) is 5.73 Å². The van der Waals surface area contributed by atoms with Crippen LogP contribution in [0.4, 0.5) is 14.5 Å². The maximum absolute atomic E-state index is 13.1. The number of nitrogens with zero attached hydrogens (tertiary/aromatic N) is 1. The summed E-state index contributed by atoms with van der Waals surface area (Å²) >= 11 is 1.32. The molecule has 0 fully saturated rings. The summed E-state index contributed by atoms with van der Waals surface area (Å²) in [6.07, 6.45) is 0. The Balaban J connectivity index is 2.13. The van der Waals surface area contributed by atoms with E-state index in [1.165, 1.54) is 22.3 Å². The second-order valence-electron chi connectivity index (χ2n) is 4.53. The quantitative estimate of drug-likeness (QED) is 0.945. The third kappa shape index (κ3) is 2.96. The largest absolute Gasteiger partial charge is 0.398 e. The minimum atomic E-state index is -0.917. The molecular weight excluding hydrogens is 282 g/mol. The van der Waals surface area contributed by atoms with Crippen LogP contribution in [0.1, 0.15) is 20.1 Å². The molecule has 0 aliphatic rings. The summed E-state index contributed by atoms with van der Waals surface area (Å²) in [6, 6.07) is 5.23. The van der Waals surface area contributed by atoms with Crippen LogP contribution in [0.25, 0.3) is 0 Å². The number of hydrogen-bond donors (Lipinski definition) is 1. The van der Waals surface area contributed by atoms with Crippen LogP contribution >= 0.6 is 11.3 Å². The van der Waals surface area contributed by atoms with Gasteiger partial charge in [0, 0.05) is 24.2 Å². The average molecular weight is 296 g/mol. The average Bonchev–Trinajstić information content (AvgIpc) is 2.73. The van der Waals surface area contributed by atoms with Gasteiger partial charge in [-0.2, -0.15) is 0 Å². The van der Waals surface area contributed by atoms with Gasteiger partial charge >= 0.3 is 0 Å². The molecule has 1 aromatic heterocycles. The van der Waals surface area contributed by atoms with E-state index in [2.05, 4.69) is 0 Å². The number of amides is 1. The summed E-state index contributed by atoms with van der Waals surface area (Å²) in [7, 11) is 1.61. The van der Waals surface area contributed by atoms with E-state index >= 15 is 0 Å². The number of thiophene rings is 1. The monoisotopic (exact) mass is 296 g/mol. The maximum atomic E-state index is 13.1. The molecule has 1 amide bonds. The molecule has 0 saturated carbocycles. The van der Waals surface area contributed by atoms with Crippen LogP contribution in [0.15, 0.2) is 24.3 Å². The zero-order valence-electron chi connectivity index (χ0n) is 11.1. The first-order valence-electron chi connectivity index (χ1n) is 5.93. The highest BCUT2D eigenvalue weighted by Gasteiger charge is 2.16. The van der Waals surface area contributed by atoms with Gasteiger partial charge in [0.25, 0.3) is 5.91 Å². The van der Waals surface area contributed by atoms with Gasteiger partial charge in [-0.3, -0.25) is 4.79 Å². The van der Waals surface area contributed by atoms with Gasteiger partial charge in [-0.25, -0.2) is 8.78 Å². The van der Waals surface area contributed by atoms with Gasteiger partial charge < -0.3 is 10.6 Å². The van der Waals surface area contributed by atoms with Crippen molar-refractivity contribution in [2.45, 2.75) is 13.5 Å². The molecule has 0 spiro atoms. The second-order valence-corrected chi connectivity index (χ2v) is 5.79. The summed E-state index contributed by atoms with van der Waals surface area (Å²) in [5, 5.41) is 0. The maximum Gasteiger partial charge on any atom is 0.264 e. The second kappa shape index (κ2) is 5.58. The van der Waals surface area contributed by atoms with Crippen molar-refractivity contribution in [3.63, 3.8) is 0 Å². The number of nitrogen functional groups attached to an aromatic ring is 1. The molecule has 1 aromatic carbocycles. The van der Waals surface area contributed by atoms with E-state index in [0.717, 1.165) is 17.0 Å². The van der Waals surface area contributed by atoms with Crippen molar-refractivity contribution in [2.24, 2.45) is 0 Å². The Morgan fingerprint density at radius 1 is 1.30 bits per heavy atom. The van der Waals surface area contributed by atoms with Gasteiger partial charge in [-0.15, -0.1) is 11.3 Å². The number of halogens is 2. The lowest BCUT2D eigenvalue weighted by molar-refractivity contribution is 0.0789. The fourth-order valence-electron chi connectivity index (χ4n) is 1.77. The number of hydrogen-bond acceptors (Lipinski definition) is 3. The van der Waals surface area contributed by atoms with Crippen molar-refractivity contribution in [1.82, 2.24) is 4.90 Å². The molecule has 0 atom stereocenters. The van der Waals surface area contributed by atoms with E-state index in [-0.39, 0.29) is 12.5 Å². The van der Waals surface area contributed by atoms with Gasteiger partial charge in [-0.05, 0) is 30.7 Å². The first-order chi connectivity index (χ1) is 9.38. The lowest BCUT2D eigenvalue weighted by Gasteiger charge is -2.16. The number of carbonyl (C=O) groups is 1. The molecule has 2 rings (SSSR count). The van der Waals surface area contributed by atoms with E-state index in [0.29, 0.717) is 16.1 Å². The van der Waals surface area contributed by atoms with Gasteiger partial charge in [0.05, 0.1) is 4.88 Å². The highest BCUT2D eigenvalue weighted by atomic mass is 32.1. The molecule has 0 bridgehead atoms. The molecule has 0 aliphatic carbocycles. The molecule has 0 radical (unpaired) electrons. The van der Waals surface area contributed by atoms with Crippen LogP contribution in [-0.2, 0) is 6.54 Å². The Morgan fingerprint density at radius 2 is 2.00 bits per heavy atom. The van der Waals surface area contributed by atoms with Crippen molar-refractivity contribution in [3.05, 3.63) is 51.2 Å². The minimum Gasteiger partial charge on any atom is -0.398 e. The molecule has 106 valence electrons. The van der Waals surface area contributed by atoms with Crippen molar-refractivity contribution < 1.29 is 13.6 Å². The van der Waals surface area contributed by atoms with E-state index in [1.807, 2.05) is 6.92 Å². The van der Waals surface area contributed by atoms with Crippen molar-refractivity contribution >= 4 is 22.9 Å². The highest BCUT2D eigenvalue weighted by Crippen LogP contribution is 2.24. The fourth-order valence-corrected chi connectivity index (χ4v) is 2.71. The Morgan fingerprint density at radius 3 is 2.55 bits per heavy atom. The Bertz CT molecular complexity index is 635. The van der Waals surface area contributed by atoms with Crippen LogP contribution in [0.2, 0.25) is 0 Å². The van der Waals surface area contributed by atoms with Crippen LogP contribution in [0, 0.1) is 18.6 Å². The Hall–Kier alpha value is -1.95. The molecule has 20 heavy (non-hydrogen) atoms. The van der Waals surface area contributed by atoms with Crippen molar-refractivity contribution in [2.75, 3.05) is 12.8 Å². The van der Waals surface area contributed by atoms with Crippen LogP contribution < -0.4 is 5.73 Å². The van der Waals surface area contributed by atoms with Crippen molar-refractivity contribution in [3.8, 4) is 0 Å². The molecule has 0 aliphatic heterocycles. The summed E-state index contributed by atoms with van der Waals surface area (Å²) in [4.78, 5) is 15.0. The molecule has 3 nitrogen and oxygen atoms in total. The molecular formula is C14H14F2N2OS. The Kier molecular flexibility index (Phi) is 4.04. The van der Waals surface area contributed by atoms with E-state index in [1.54, 1.807) is 13.1 Å². The first-order valence-corrected chi connectivity index (χ1v) is 6.75. The van der Waals surface area contributed by atoms with Crippen LogP contribution in [0.5, 0.6) is 0 Å². The number of carbonyl (C=O) groups excluding carboxylic acids is 1. The lowest BCUT2D eigenvalue weighted by atomic mass is 10.2. The molecule has 0 unspecified atom stereocenters. The zero-order valence-corrected chi connectivity index (χ0v) is 11.9. The molecule has 6 heteroatoms. The fraction of sp³-hybridized carbons (Fsp3) is 0.214. The summed E-state index contributed by atoms with van der Waals surface area (Å²) in [6.45, 7) is 2.04. The van der Waals surface area contributed by atoms with E-state index < -0.39 is 11.6 Å². The normalized spacial score (nSPS) is 10.6. The SMILES string of the molecule is Cc1sc(C(=O)N(C)Cc2ccc(F)c(F)c2)cc1N. The topological polar surface area (TPSA) is 46.3 Å². The lowest BCUT2D eigenvalue weighted by Crippen LogP contribution is -2.25. The van der Waals surface area contributed by atoms with E-state index in [9.17, 15) is 13.6 Å². The predicted molar refractivity (Wildman–Crippen MR) is 75.6 cm³/mol. The highest BCUT2D eigenvalue weighted by molar-refractivity contribution is 7.14. The third-order valence-electron chi connectivity index (χ3n) is 2.92. The number of nitrogens with two attached hydrogens (primary N) is 1. The number of aryl methyl sites for hydroxylation is 1. The van der Waals surface area contributed by atoms with Gasteiger partial charge in [0.2, 0.25) is 0 Å². The number of benzene rings is 1. The van der Waals surface area contributed by atoms with Crippen LogP contribution in [-0.4, -0.2) is 17.9 Å². The summed E-state index contributed by atoms with van der Waals surface area (Å²) in [5.41, 5.74) is 6.83. The summed E-state index contributed by atoms with van der Waals surface area (Å²) < 4.78 is 26.0. The molecule has 2 N–H and O–H groups in total. The van der Waals surface area contributed by atoms with Gasteiger partial charge in [0.15, 0.2) is 11.6 Å². The minimum absolute atomic E-state index is 0.195. The zero-order chi connectivity index (χ0) is 14.9. The van der Waals surface area contributed by atoms with Gasteiger partial charge in [-0.1, -0.05) is 6.07 Å². The van der Waals surface area contributed by atoms with Crippen molar-refractivity contribution in [1.29, 1.82) is 0 Å².